The number of rotatable bonds is 3. The molecule has 0 amide bonds. The maximum atomic E-state index is 11.6. The lowest BCUT2D eigenvalue weighted by atomic mass is 10.4. The van der Waals surface area contributed by atoms with Gasteiger partial charge in [0.05, 0.1) is 18.6 Å². The fourth-order valence-corrected chi connectivity index (χ4v) is 1.57. The summed E-state index contributed by atoms with van der Waals surface area (Å²) in [5.74, 6) is 0. The number of hydrogen-bond donors (Lipinski definition) is 0. The van der Waals surface area contributed by atoms with Crippen LogP contribution in [0.25, 0.3) is 0 Å². The van der Waals surface area contributed by atoms with E-state index >= 15 is 0 Å². The Labute approximate surface area is 87.6 Å². The second kappa shape index (κ2) is 3.76. The summed E-state index contributed by atoms with van der Waals surface area (Å²) in [7, 11) is 1.75. The van der Waals surface area contributed by atoms with E-state index in [2.05, 4.69) is 11.9 Å². The lowest BCUT2D eigenvalue weighted by Gasteiger charge is -2.04. The van der Waals surface area contributed by atoms with Crippen molar-refractivity contribution in [1.82, 2.24) is 18.7 Å². The molecule has 5 nitrogen and oxygen atoms in total. The van der Waals surface area contributed by atoms with Crippen LogP contribution in [-0.2, 0) is 20.1 Å². The van der Waals surface area contributed by atoms with Gasteiger partial charge in [0.2, 0.25) is 0 Å². The van der Waals surface area contributed by atoms with E-state index in [4.69, 9.17) is 0 Å². The molecule has 0 aliphatic rings. The molecule has 0 aliphatic carbocycles. The van der Waals surface area contributed by atoms with Crippen LogP contribution >= 0.6 is 0 Å². The maximum Gasteiger partial charge on any atom is 0.328 e. The topological polar surface area (TPSA) is 44.8 Å². The van der Waals surface area contributed by atoms with Gasteiger partial charge in [-0.25, -0.2) is 9.78 Å². The average Bonchev–Trinajstić information content (AvgIpc) is 2.80. The van der Waals surface area contributed by atoms with Crippen molar-refractivity contribution >= 4 is 0 Å². The third-order valence-electron chi connectivity index (χ3n) is 2.49. The molecule has 0 saturated carbocycles. The predicted octanol–water partition coefficient (Wildman–Crippen LogP) is 0.452. The smallest absolute Gasteiger partial charge is 0.328 e. The van der Waals surface area contributed by atoms with Crippen molar-refractivity contribution in [3.8, 4) is 0 Å². The van der Waals surface area contributed by atoms with Crippen LogP contribution in [0.5, 0.6) is 0 Å². The van der Waals surface area contributed by atoms with Gasteiger partial charge >= 0.3 is 5.69 Å². The van der Waals surface area contributed by atoms with Gasteiger partial charge in [-0.15, -0.1) is 0 Å². The molecule has 0 radical (unpaired) electrons. The van der Waals surface area contributed by atoms with Gasteiger partial charge in [0.15, 0.2) is 0 Å². The first kappa shape index (κ1) is 9.76. The maximum absolute atomic E-state index is 11.6. The zero-order valence-corrected chi connectivity index (χ0v) is 8.92. The van der Waals surface area contributed by atoms with Crippen LogP contribution in [0.2, 0.25) is 0 Å². The Morgan fingerprint density at radius 2 is 2.13 bits per heavy atom. The Balaban J connectivity index is 2.29. The van der Waals surface area contributed by atoms with Gasteiger partial charge in [0.25, 0.3) is 0 Å². The van der Waals surface area contributed by atoms with Crippen LogP contribution in [0.1, 0.15) is 12.6 Å². The van der Waals surface area contributed by atoms with Gasteiger partial charge in [-0.2, -0.15) is 0 Å². The average molecular weight is 206 g/mol. The molecule has 2 aromatic rings. The van der Waals surface area contributed by atoms with Crippen LogP contribution in [0.3, 0.4) is 0 Å². The highest BCUT2D eigenvalue weighted by atomic mass is 16.1. The highest BCUT2D eigenvalue weighted by molar-refractivity contribution is 5.00. The second-order valence-corrected chi connectivity index (χ2v) is 3.49. The summed E-state index contributed by atoms with van der Waals surface area (Å²) in [5, 5.41) is 0. The minimum Gasteiger partial charge on any atom is -0.333 e. The van der Waals surface area contributed by atoms with Crippen molar-refractivity contribution in [2.45, 2.75) is 20.0 Å². The second-order valence-electron chi connectivity index (χ2n) is 3.49. The lowest BCUT2D eigenvalue weighted by Crippen LogP contribution is -2.23. The quantitative estimate of drug-likeness (QED) is 0.732. The van der Waals surface area contributed by atoms with E-state index in [-0.39, 0.29) is 5.69 Å². The Morgan fingerprint density at radius 3 is 2.73 bits per heavy atom. The molecule has 0 fully saturated rings. The standard InChI is InChI=1S/C10H14N4O/c1-3-13-8-11-6-9(13)7-14-5-4-12(2)10(14)15/h4-6,8H,3,7H2,1-2H3. The number of nitrogens with zero attached hydrogens (tertiary/aromatic N) is 4. The molecule has 0 N–H and O–H groups in total. The molecule has 0 atom stereocenters. The Bertz CT molecular complexity index is 505. The van der Waals surface area contributed by atoms with Crippen LogP contribution in [0.15, 0.2) is 29.7 Å². The van der Waals surface area contributed by atoms with E-state index in [1.165, 1.54) is 0 Å². The van der Waals surface area contributed by atoms with E-state index in [0.29, 0.717) is 6.54 Å². The SMILES string of the molecule is CCn1cncc1Cn1ccn(C)c1=O. The van der Waals surface area contributed by atoms with Gasteiger partial charge in [0.1, 0.15) is 0 Å². The van der Waals surface area contributed by atoms with E-state index in [0.717, 1.165) is 12.2 Å². The van der Waals surface area contributed by atoms with Crippen LogP contribution in [0.4, 0.5) is 0 Å². The minimum atomic E-state index is -0.00106. The molecule has 0 unspecified atom stereocenters. The van der Waals surface area contributed by atoms with Gasteiger partial charge in [-0.1, -0.05) is 0 Å². The number of aromatic nitrogens is 4. The van der Waals surface area contributed by atoms with E-state index in [1.807, 2.05) is 4.57 Å². The molecule has 0 aliphatic heterocycles. The van der Waals surface area contributed by atoms with Crippen molar-refractivity contribution in [2.75, 3.05) is 0 Å². The third kappa shape index (κ3) is 1.72. The molecular formula is C10H14N4O. The molecule has 5 heteroatoms. The highest BCUT2D eigenvalue weighted by Crippen LogP contribution is 2.00. The van der Waals surface area contributed by atoms with Crippen molar-refractivity contribution in [2.24, 2.45) is 7.05 Å². The van der Waals surface area contributed by atoms with Gasteiger partial charge < -0.3 is 9.13 Å². The fraction of sp³-hybridized carbons (Fsp3) is 0.400. The molecular weight excluding hydrogens is 192 g/mol. The monoisotopic (exact) mass is 206 g/mol. The van der Waals surface area contributed by atoms with Crippen molar-refractivity contribution < 1.29 is 0 Å². The first-order valence-electron chi connectivity index (χ1n) is 4.93. The number of hydrogen-bond acceptors (Lipinski definition) is 2. The summed E-state index contributed by atoms with van der Waals surface area (Å²) < 4.78 is 5.26. The predicted molar refractivity (Wildman–Crippen MR) is 56.7 cm³/mol. The van der Waals surface area contributed by atoms with Gasteiger partial charge in [-0.3, -0.25) is 4.57 Å². The summed E-state index contributed by atoms with van der Waals surface area (Å²) in [4.78, 5) is 15.7. The largest absolute Gasteiger partial charge is 0.333 e. The molecule has 0 bridgehead atoms. The molecule has 2 aromatic heterocycles. The number of imidazole rings is 2. The van der Waals surface area contributed by atoms with Gasteiger partial charge in [-0.05, 0) is 6.92 Å². The molecule has 0 aromatic carbocycles. The number of aryl methyl sites for hydroxylation is 2. The third-order valence-corrected chi connectivity index (χ3v) is 2.49. The molecule has 80 valence electrons. The van der Waals surface area contributed by atoms with E-state index < -0.39 is 0 Å². The summed E-state index contributed by atoms with van der Waals surface area (Å²) in [6.07, 6.45) is 7.12. The van der Waals surface area contributed by atoms with E-state index in [1.54, 1.807) is 41.1 Å². The molecule has 2 rings (SSSR count). The van der Waals surface area contributed by atoms with Crippen molar-refractivity contribution in [1.29, 1.82) is 0 Å². The highest BCUT2D eigenvalue weighted by Gasteiger charge is 2.04. The zero-order valence-electron chi connectivity index (χ0n) is 8.92. The van der Waals surface area contributed by atoms with Gasteiger partial charge in [0, 0.05) is 32.2 Å². The molecule has 0 saturated heterocycles. The molecule has 15 heavy (non-hydrogen) atoms. The van der Waals surface area contributed by atoms with Crippen molar-refractivity contribution in [3.05, 3.63) is 41.1 Å². The van der Waals surface area contributed by atoms with E-state index in [9.17, 15) is 4.79 Å². The Hall–Kier alpha value is -1.78. The van der Waals surface area contributed by atoms with Crippen LogP contribution in [-0.4, -0.2) is 18.7 Å². The first-order valence-corrected chi connectivity index (χ1v) is 4.93. The molecule has 0 spiro atoms. The Kier molecular flexibility index (Phi) is 2.45. The summed E-state index contributed by atoms with van der Waals surface area (Å²) in [5.41, 5.74) is 1.05. The van der Waals surface area contributed by atoms with Crippen LogP contribution in [0, 0.1) is 0 Å². The normalized spacial score (nSPS) is 10.8. The van der Waals surface area contributed by atoms with Crippen LogP contribution < -0.4 is 5.69 Å². The first-order chi connectivity index (χ1) is 7.22. The lowest BCUT2D eigenvalue weighted by molar-refractivity contribution is 0.645. The summed E-state index contributed by atoms with van der Waals surface area (Å²) >= 11 is 0. The fourth-order valence-electron chi connectivity index (χ4n) is 1.57. The zero-order chi connectivity index (χ0) is 10.8. The van der Waals surface area contributed by atoms with Crippen molar-refractivity contribution in [3.63, 3.8) is 0 Å². The Morgan fingerprint density at radius 1 is 1.33 bits per heavy atom. The molecule has 2 heterocycles. The minimum absolute atomic E-state index is 0.00106. The summed E-state index contributed by atoms with van der Waals surface area (Å²) in [6.45, 7) is 3.50. The summed E-state index contributed by atoms with van der Waals surface area (Å²) in [6, 6.07) is 0.